The summed E-state index contributed by atoms with van der Waals surface area (Å²) in [5.41, 5.74) is 0.981. The van der Waals surface area contributed by atoms with Crippen LogP contribution in [0.5, 0.6) is 0 Å². The molecule has 1 heterocycles. The van der Waals surface area contributed by atoms with Gasteiger partial charge in [-0.2, -0.15) is 5.10 Å². The van der Waals surface area contributed by atoms with Gasteiger partial charge in [0.15, 0.2) is 5.82 Å². The fourth-order valence-corrected chi connectivity index (χ4v) is 1.14. The molecule has 0 fully saturated rings. The molecule has 0 aromatic carbocycles. The number of amides is 1. The molecule has 0 aliphatic heterocycles. The molecule has 0 atom stereocenters. The van der Waals surface area contributed by atoms with E-state index in [0.717, 1.165) is 5.69 Å². The van der Waals surface area contributed by atoms with Crippen LogP contribution in [-0.2, 0) is 14.9 Å². The van der Waals surface area contributed by atoms with Crippen molar-refractivity contribution in [2.75, 3.05) is 18.5 Å². The Morgan fingerprint density at radius 1 is 1.56 bits per heavy atom. The van der Waals surface area contributed by atoms with Crippen molar-refractivity contribution in [3.63, 3.8) is 0 Å². The molecule has 5 nitrogen and oxygen atoms in total. The van der Waals surface area contributed by atoms with E-state index in [-0.39, 0.29) is 17.9 Å². The fourth-order valence-electron chi connectivity index (χ4n) is 1.14. The number of H-pyrrole nitrogens is 1. The maximum atomic E-state index is 11.3. The van der Waals surface area contributed by atoms with Crippen molar-refractivity contribution in [3.8, 4) is 0 Å². The van der Waals surface area contributed by atoms with Gasteiger partial charge in [0.1, 0.15) is 6.61 Å². The molecule has 1 rings (SSSR count). The average molecular weight is 225 g/mol. The Labute approximate surface area is 95.6 Å². The molecule has 90 valence electrons. The molecule has 0 spiro atoms. The van der Waals surface area contributed by atoms with E-state index in [9.17, 15) is 4.79 Å². The van der Waals surface area contributed by atoms with E-state index >= 15 is 0 Å². The predicted octanol–water partition coefficient (Wildman–Crippen LogP) is 1.68. The topological polar surface area (TPSA) is 67.0 Å². The highest BCUT2D eigenvalue weighted by molar-refractivity contribution is 5.90. The lowest BCUT2D eigenvalue weighted by molar-refractivity contribution is -0.120. The van der Waals surface area contributed by atoms with Crippen molar-refractivity contribution in [3.05, 3.63) is 11.8 Å². The van der Waals surface area contributed by atoms with Crippen molar-refractivity contribution in [2.24, 2.45) is 0 Å². The number of nitrogens with one attached hydrogen (secondary N) is 2. The smallest absolute Gasteiger partial charge is 0.251 e. The van der Waals surface area contributed by atoms with Crippen LogP contribution < -0.4 is 5.32 Å². The number of anilines is 1. The first-order valence-electron chi connectivity index (χ1n) is 5.37. The van der Waals surface area contributed by atoms with Gasteiger partial charge in [0.2, 0.25) is 0 Å². The number of aromatic nitrogens is 2. The summed E-state index contributed by atoms with van der Waals surface area (Å²) >= 11 is 0. The van der Waals surface area contributed by atoms with Gasteiger partial charge in [-0.25, -0.2) is 0 Å². The van der Waals surface area contributed by atoms with Gasteiger partial charge in [0.25, 0.3) is 5.91 Å². The van der Waals surface area contributed by atoms with Crippen molar-refractivity contribution in [1.82, 2.24) is 10.2 Å². The maximum absolute atomic E-state index is 11.3. The quantitative estimate of drug-likeness (QED) is 0.819. The third kappa shape index (κ3) is 3.66. The van der Waals surface area contributed by atoms with Gasteiger partial charge in [-0.1, -0.05) is 20.8 Å². The number of carbonyl (C=O) groups excluding carboxylic acids is 1. The molecule has 0 unspecified atom stereocenters. The van der Waals surface area contributed by atoms with Gasteiger partial charge < -0.3 is 10.1 Å². The van der Waals surface area contributed by atoms with E-state index in [4.69, 9.17) is 4.74 Å². The molecular formula is C11H19N3O2. The predicted molar refractivity (Wildman–Crippen MR) is 62.4 cm³/mol. The highest BCUT2D eigenvalue weighted by Gasteiger charge is 2.17. The summed E-state index contributed by atoms with van der Waals surface area (Å²) in [5, 5.41) is 9.58. The SMILES string of the molecule is CCOCC(=O)Nc1cc(C(C)(C)C)[nH]n1. The summed E-state index contributed by atoms with van der Waals surface area (Å²) in [6.07, 6.45) is 0. The van der Waals surface area contributed by atoms with Crippen molar-refractivity contribution in [1.29, 1.82) is 0 Å². The Bertz CT molecular complexity index is 352. The molecule has 1 aromatic rings. The molecule has 0 saturated carbocycles. The molecule has 0 bridgehead atoms. The van der Waals surface area contributed by atoms with Crippen LogP contribution in [0.2, 0.25) is 0 Å². The largest absolute Gasteiger partial charge is 0.372 e. The van der Waals surface area contributed by atoms with Crippen LogP contribution in [0, 0.1) is 0 Å². The first kappa shape index (κ1) is 12.7. The maximum Gasteiger partial charge on any atom is 0.251 e. The van der Waals surface area contributed by atoms with Gasteiger partial charge in [-0.15, -0.1) is 0 Å². The van der Waals surface area contributed by atoms with Crippen molar-refractivity contribution < 1.29 is 9.53 Å². The third-order valence-electron chi connectivity index (χ3n) is 2.09. The van der Waals surface area contributed by atoms with Crippen LogP contribution in [0.4, 0.5) is 5.82 Å². The number of carbonyl (C=O) groups is 1. The summed E-state index contributed by atoms with van der Waals surface area (Å²) in [5.74, 6) is 0.350. The number of rotatable bonds is 4. The van der Waals surface area contributed by atoms with Crippen LogP contribution in [0.15, 0.2) is 6.07 Å². The standard InChI is InChI=1S/C11H19N3O2/c1-5-16-7-10(15)12-9-6-8(13-14-9)11(2,3)4/h6H,5,7H2,1-4H3,(H2,12,13,14,15). The number of aromatic amines is 1. The molecule has 1 amide bonds. The van der Waals surface area contributed by atoms with Crippen molar-refractivity contribution >= 4 is 11.7 Å². The zero-order valence-electron chi connectivity index (χ0n) is 10.3. The Morgan fingerprint density at radius 3 is 2.75 bits per heavy atom. The summed E-state index contributed by atoms with van der Waals surface area (Å²) in [6, 6.07) is 1.84. The van der Waals surface area contributed by atoms with Gasteiger partial charge in [-0.05, 0) is 6.92 Å². The van der Waals surface area contributed by atoms with Crippen LogP contribution in [0.3, 0.4) is 0 Å². The summed E-state index contributed by atoms with van der Waals surface area (Å²) < 4.78 is 4.99. The molecule has 0 aliphatic carbocycles. The lowest BCUT2D eigenvalue weighted by Crippen LogP contribution is -2.18. The zero-order valence-corrected chi connectivity index (χ0v) is 10.3. The number of ether oxygens (including phenoxy) is 1. The summed E-state index contributed by atoms with van der Waals surface area (Å²) in [7, 11) is 0. The first-order valence-corrected chi connectivity index (χ1v) is 5.37. The van der Waals surface area contributed by atoms with Crippen LogP contribution >= 0.6 is 0 Å². The second-order valence-corrected chi connectivity index (χ2v) is 4.60. The summed E-state index contributed by atoms with van der Waals surface area (Å²) in [4.78, 5) is 11.3. The Hall–Kier alpha value is -1.36. The van der Waals surface area contributed by atoms with E-state index < -0.39 is 0 Å². The molecule has 0 aliphatic rings. The highest BCUT2D eigenvalue weighted by Crippen LogP contribution is 2.21. The molecular weight excluding hydrogens is 206 g/mol. The van der Waals surface area contributed by atoms with Crippen LogP contribution in [0.1, 0.15) is 33.4 Å². The zero-order chi connectivity index (χ0) is 12.2. The minimum atomic E-state index is -0.186. The molecule has 1 aromatic heterocycles. The minimum Gasteiger partial charge on any atom is -0.372 e. The van der Waals surface area contributed by atoms with Gasteiger partial charge in [0, 0.05) is 23.8 Å². The van der Waals surface area contributed by atoms with E-state index in [1.165, 1.54) is 0 Å². The van der Waals surface area contributed by atoms with E-state index in [1.807, 2.05) is 13.0 Å². The normalized spacial score (nSPS) is 11.5. The third-order valence-corrected chi connectivity index (χ3v) is 2.09. The average Bonchev–Trinajstić information content (AvgIpc) is 2.62. The Morgan fingerprint density at radius 2 is 2.25 bits per heavy atom. The number of hydrogen-bond acceptors (Lipinski definition) is 3. The number of hydrogen-bond donors (Lipinski definition) is 2. The second-order valence-electron chi connectivity index (χ2n) is 4.60. The molecule has 2 N–H and O–H groups in total. The minimum absolute atomic E-state index is 0.00407. The lowest BCUT2D eigenvalue weighted by atomic mass is 9.92. The second kappa shape index (κ2) is 5.12. The molecule has 16 heavy (non-hydrogen) atoms. The van der Waals surface area contributed by atoms with Gasteiger partial charge >= 0.3 is 0 Å². The van der Waals surface area contributed by atoms with Gasteiger partial charge in [-0.3, -0.25) is 9.89 Å². The fraction of sp³-hybridized carbons (Fsp3) is 0.636. The Kier molecular flexibility index (Phi) is 4.06. The summed E-state index contributed by atoms with van der Waals surface area (Å²) in [6.45, 7) is 8.67. The molecule has 5 heteroatoms. The molecule has 0 radical (unpaired) electrons. The van der Waals surface area contributed by atoms with Crippen LogP contribution in [0.25, 0.3) is 0 Å². The molecule has 0 saturated heterocycles. The highest BCUT2D eigenvalue weighted by atomic mass is 16.5. The van der Waals surface area contributed by atoms with Crippen molar-refractivity contribution in [2.45, 2.75) is 33.1 Å². The first-order chi connectivity index (χ1) is 7.43. The lowest BCUT2D eigenvalue weighted by Gasteiger charge is -2.14. The van der Waals surface area contributed by atoms with Gasteiger partial charge in [0.05, 0.1) is 0 Å². The monoisotopic (exact) mass is 225 g/mol. The van der Waals surface area contributed by atoms with E-state index in [1.54, 1.807) is 0 Å². The number of nitrogens with zero attached hydrogens (tertiary/aromatic N) is 1. The Balaban J connectivity index is 2.56. The van der Waals surface area contributed by atoms with E-state index in [2.05, 4.69) is 36.3 Å². The van der Waals surface area contributed by atoms with Crippen LogP contribution in [-0.4, -0.2) is 29.3 Å². The van der Waals surface area contributed by atoms with E-state index in [0.29, 0.717) is 12.4 Å².